The van der Waals surface area contributed by atoms with E-state index in [0.717, 1.165) is 81.0 Å². The number of hydrogen-bond donors (Lipinski definition) is 0. The van der Waals surface area contributed by atoms with Crippen LogP contribution in [0.1, 0.15) is 39.5 Å². The van der Waals surface area contributed by atoms with Gasteiger partial charge in [-0.2, -0.15) is 0 Å². The van der Waals surface area contributed by atoms with Crippen LogP contribution in [0.5, 0.6) is 11.5 Å². The Morgan fingerprint density at radius 2 is 0.868 bits per heavy atom. The first-order chi connectivity index (χ1) is 18.7. The average Bonchev–Trinajstić information content (AvgIpc) is 3.65. The molecule has 6 nitrogen and oxygen atoms in total. The normalized spacial score (nSPS) is 11.0. The molecule has 0 unspecified atom stereocenters. The van der Waals surface area contributed by atoms with Crippen LogP contribution < -0.4 is 9.47 Å². The maximum atomic E-state index is 5.77. The van der Waals surface area contributed by atoms with Crippen molar-refractivity contribution in [2.24, 2.45) is 0 Å². The lowest BCUT2D eigenvalue weighted by atomic mass is 10.2. The van der Waals surface area contributed by atoms with Gasteiger partial charge in [-0.25, -0.2) is 0 Å². The van der Waals surface area contributed by atoms with Crippen LogP contribution in [0, 0.1) is 0 Å². The molecule has 0 aliphatic rings. The Balaban J connectivity index is 1.23. The van der Waals surface area contributed by atoms with Gasteiger partial charge >= 0.3 is 0 Å². The summed E-state index contributed by atoms with van der Waals surface area (Å²) in [6.45, 7) is 5.82. The van der Waals surface area contributed by atoms with Crippen molar-refractivity contribution in [2.75, 3.05) is 13.2 Å². The smallest absolute Gasteiger partial charge is 0.213 e. The van der Waals surface area contributed by atoms with E-state index in [1.54, 1.807) is 22.7 Å². The summed E-state index contributed by atoms with van der Waals surface area (Å²) in [5.41, 5.74) is 2.27. The minimum atomic E-state index is 0.528. The molecular formula is C30H30N4O2S2. The van der Waals surface area contributed by atoms with E-state index in [0.29, 0.717) is 11.6 Å². The average molecular weight is 543 g/mol. The number of hydrogen-bond acceptors (Lipinski definition) is 8. The van der Waals surface area contributed by atoms with E-state index in [9.17, 15) is 0 Å². The molecule has 3 heterocycles. The number of rotatable bonds is 12. The molecule has 0 atom stereocenters. The van der Waals surface area contributed by atoms with Gasteiger partial charge in [0.15, 0.2) is 0 Å². The number of benzene rings is 2. The van der Waals surface area contributed by atoms with E-state index < -0.39 is 0 Å². The van der Waals surface area contributed by atoms with Gasteiger partial charge in [0.2, 0.25) is 11.6 Å². The fraction of sp³-hybridized carbons (Fsp3) is 0.267. The highest BCUT2D eigenvalue weighted by Crippen LogP contribution is 2.35. The molecule has 0 fully saturated rings. The lowest BCUT2D eigenvalue weighted by Crippen LogP contribution is -1.97. The molecule has 0 radical (unpaired) electrons. The van der Waals surface area contributed by atoms with Crippen LogP contribution in [0.25, 0.3) is 42.3 Å². The first-order valence-electron chi connectivity index (χ1n) is 13.0. The zero-order valence-electron chi connectivity index (χ0n) is 21.6. The predicted molar refractivity (Wildman–Crippen MR) is 156 cm³/mol. The molecule has 3 aromatic heterocycles. The van der Waals surface area contributed by atoms with Crippen LogP contribution in [0.3, 0.4) is 0 Å². The van der Waals surface area contributed by atoms with Gasteiger partial charge < -0.3 is 9.47 Å². The molecule has 0 aliphatic heterocycles. The van der Waals surface area contributed by atoms with Crippen molar-refractivity contribution in [3.05, 3.63) is 72.8 Å². The van der Waals surface area contributed by atoms with Gasteiger partial charge in [0, 0.05) is 9.75 Å². The van der Waals surface area contributed by atoms with Gasteiger partial charge in [0.05, 0.1) is 23.0 Å². The van der Waals surface area contributed by atoms with Crippen LogP contribution in [-0.2, 0) is 0 Å². The number of ether oxygens (including phenoxy) is 2. The van der Waals surface area contributed by atoms with Crippen LogP contribution >= 0.6 is 22.7 Å². The maximum absolute atomic E-state index is 5.77. The molecule has 0 aliphatic carbocycles. The Bertz CT molecular complexity index is 1320. The Kier molecular flexibility index (Phi) is 8.73. The first kappa shape index (κ1) is 26.0. The third kappa shape index (κ3) is 6.44. The summed E-state index contributed by atoms with van der Waals surface area (Å²) in [7, 11) is 0. The summed E-state index contributed by atoms with van der Waals surface area (Å²) in [6.07, 6.45) is 4.38. The number of aromatic nitrogens is 4. The van der Waals surface area contributed by atoms with Crippen molar-refractivity contribution in [1.29, 1.82) is 0 Å². The highest BCUT2D eigenvalue weighted by Gasteiger charge is 2.12. The zero-order valence-corrected chi connectivity index (χ0v) is 23.2. The molecule has 0 amide bonds. The van der Waals surface area contributed by atoms with Gasteiger partial charge in [0.25, 0.3) is 0 Å². The van der Waals surface area contributed by atoms with Gasteiger partial charge in [-0.05, 0) is 96.8 Å². The van der Waals surface area contributed by atoms with Crippen molar-refractivity contribution in [1.82, 2.24) is 20.4 Å². The molecule has 5 aromatic rings. The molecule has 38 heavy (non-hydrogen) atoms. The van der Waals surface area contributed by atoms with E-state index in [-0.39, 0.29) is 0 Å². The molecule has 0 bridgehead atoms. The van der Waals surface area contributed by atoms with Crippen LogP contribution in [0.4, 0.5) is 0 Å². The second-order valence-corrected chi connectivity index (χ2v) is 11.0. The monoisotopic (exact) mass is 542 g/mol. The summed E-state index contributed by atoms with van der Waals surface area (Å²) in [5, 5.41) is 17.5. The zero-order chi connectivity index (χ0) is 26.2. The summed E-state index contributed by atoms with van der Waals surface area (Å²) in [5.74, 6) is 2.85. The largest absolute Gasteiger partial charge is 0.494 e. The Morgan fingerprint density at radius 1 is 0.500 bits per heavy atom. The molecule has 0 saturated heterocycles. The van der Waals surface area contributed by atoms with E-state index in [4.69, 9.17) is 9.47 Å². The third-order valence-corrected chi connectivity index (χ3v) is 8.20. The minimum Gasteiger partial charge on any atom is -0.494 e. The Labute approximate surface area is 231 Å². The quantitative estimate of drug-likeness (QED) is 0.147. The standard InChI is InChI=1S/C30H30N4O2S2/c1-3-5-19-35-23-11-7-21(8-12-23)25-15-17-27(37-25)29-31-33-30(34-32-29)28-18-16-26(38-28)22-9-13-24(14-10-22)36-20-6-4-2/h7-18H,3-6,19-20H2,1-2H3. The lowest BCUT2D eigenvalue weighted by molar-refractivity contribution is 0.309. The number of unbranched alkanes of at least 4 members (excludes halogenated alkanes) is 2. The lowest BCUT2D eigenvalue weighted by Gasteiger charge is -2.05. The molecule has 194 valence electrons. The highest BCUT2D eigenvalue weighted by molar-refractivity contribution is 7.19. The fourth-order valence-corrected chi connectivity index (χ4v) is 5.62. The van der Waals surface area contributed by atoms with E-state index in [2.05, 4.69) is 70.6 Å². The molecule has 2 aromatic carbocycles. The van der Waals surface area contributed by atoms with Crippen molar-refractivity contribution in [3.63, 3.8) is 0 Å². The fourth-order valence-electron chi connectivity index (χ4n) is 3.75. The molecule has 0 N–H and O–H groups in total. The molecule has 0 saturated carbocycles. The maximum Gasteiger partial charge on any atom is 0.213 e. The van der Waals surface area contributed by atoms with E-state index in [1.165, 1.54) is 0 Å². The summed E-state index contributed by atoms with van der Waals surface area (Å²) in [4.78, 5) is 4.14. The molecule has 0 spiro atoms. The van der Waals surface area contributed by atoms with E-state index in [1.807, 2.05) is 36.4 Å². The molecular weight excluding hydrogens is 512 g/mol. The number of thiophene rings is 2. The molecule has 8 heteroatoms. The van der Waals surface area contributed by atoms with Crippen LogP contribution in [-0.4, -0.2) is 33.6 Å². The first-order valence-corrected chi connectivity index (χ1v) is 14.6. The SMILES string of the molecule is CCCCOc1ccc(-c2ccc(-c3nnc(-c4ccc(-c5ccc(OCCCC)cc5)s4)nn3)s2)cc1. The second kappa shape index (κ2) is 12.8. The van der Waals surface area contributed by atoms with Crippen molar-refractivity contribution < 1.29 is 9.47 Å². The minimum absolute atomic E-state index is 0.528. The number of nitrogens with zero attached hydrogens (tertiary/aromatic N) is 4. The van der Waals surface area contributed by atoms with Crippen molar-refractivity contribution >= 4 is 22.7 Å². The summed E-state index contributed by atoms with van der Waals surface area (Å²) in [6, 6.07) is 24.6. The Hall–Kier alpha value is -3.62. The van der Waals surface area contributed by atoms with Crippen LogP contribution in [0.15, 0.2) is 72.8 Å². The van der Waals surface area contributed by atoms with Gasteiger partial charge in [-0.15, -0.1) is 43.1 Å². The topological polar surface area (TPSA) is 70.0 Å². The van der Waals surface area contributed by atoms with Gasteiger partial charge in [0.1, 0.15) is 11.5 Å². The third-order valence-electron chi connectivity index (χ3n) is 5.94. The molecule has 5 rings (SSSR count). The van der Waals surface area contributed by atoms with Gasteiger partial charge in [-0.1, -0.05) is 26.7 Å². The van der Waals surface area contributed by atoms with Crippen LogP contribution in [0.2, 0.25) is 0 Å². The van der Waals surface area contributed by atoms with Crippen molar-refractivity contribution in [3.8, 4) is 53.8 Å². The van der Waals surface area contributed by atoms with E-state index >= 15 is 0 Å². The van der Waals surface area contributed by atoms with Crippen molar-refractivity contribution in [2.45, 2.75) is 39.5 Å². The van der Waals surface area contributed by atoms with Gasteiger partial charge in [-0.3, -0.25) is 0 Å². The highest BCUT2D eigenvalue weighted by atomic mass is 32.1. The Morgan fingerprint density at radius 3 is 1.24 bits per heavy atom. The summed E-state index contributed by atoms with van der Waals surface area (Å²) < 4.78 is 11.5. The predicted octanol–water partition coefficient (Wildman–Crippen LogP) is 8.42. The summed E-state index contributed by atoms with van der Waals surface area (Å²) >= 11 is 3.25. The second-order valence-electron chi connectivity index (χ2n) is 8.83.